The van der Waals surface area contributed by atoms with Gasteiger partial charge in [0, 0.05) is 7.05 Å². The minimum atomic E-state index is -0.932. The second kappa shape index (κ2) is 7.38. The van der Waals surface area contributed by atoms with E-state index in [-0.39, 0.29) is 23.4 Å². The van der Waals surface area contributed by atoms with Gasteiger partial charge in [0.25, 0.3) is 11.8 Å². The predicted molar refractivity (Wildman–Crippen MR) is 98.6 cm³/mol. The Morgan fingerprint density at radius 1 is 1.10 bits per heavy atom. The standard InChI is InChI=1S/C19H20N4O6/c1-19(2,3)28-18(27)20-10-11-9-14(22(4)21-11)17(26)29-23-15(24)12-7-5-6-8-13(12)16(23)25/h5-9H,10H2,1-4H3,(H,20,27). The quantitative estimate of drug-likeness (QED) is 0.777. The van der Waals surface area contributed by atoms with E-state index in [1.54, 1.807) is 32.9 Å². The molecule has 29 heavy (non-hydrogen) atoms. The van der Waals surface area contributed by atoms with Crippen LogP contribution in [-0.2, 0) is 23.2 Å². The number of imide groups is 1. The van der Waals surface area contributed by atoms with Gasteiger partial charge >= 0.3 is 12.1 Å². The van der Waals surface area contributed by atoms with E-state index in [2.05, 4.69) is 10.4 Å². The Kier molecular flexibility index (Phi) is 5.10. The van der Waals surface area contributed by atoms with E-state index in [0.717, 1.165) is 0 Å². The molecule has 1 aromatic heterocycles. The zero-order valence-corrected chi connectivity index (χ0v) is 16.4. The van der Waals surface area contributed by atoms with Crippen LogP contribution in [0, 0.1) is 0 Å². The van der Waals surface area contributed by atoms with Crippen molar-refractivity contribution < 1.29 is 28.8 Å². The normalized spacial score (nSPS) is 13.3. The Labute approximate surface area is 166 Å². The van der Waals surface area contributed by atoms with Crippen LogP contribution in [0.1, 0.15) is 57.7 Å². The highest BCUT2D eigenvalue weighted by Crippen LogP contribution is 2.23. The fraction of sp³-hybridized carbons (Fsp3) is 0.316. The number of benzene rings is 1. The number of carbonyl (C=O) groups is 4. The highest BCUT2D eigenvalue weighted by Gasteiger charge is 2.39. The molecule has 0 fully saturated rings. The summed E-state index contributed by atoms with van der Waals surface area (Å²) in [7, 11) is 1.50. The molecule has 0 aliphatic carbocycles. The van der Waals surface area contributed by atoms with Crippen molar-refractivity contribution in [2.24, 2.45) is 7.05 Å². The minimum absolute atomic E-state index is 0.00236. The van der Waals surface area contributed by atoms with Gasteiger partial charge in [-0.05, 0) is 39.0 Å². The molecule has 0 spiro atoms. The van der Waals surface area contributed by atoms with Crippen LogP contribution in [0.3, 0.4) is 0 Å². The molecule has 152 valence electrons. The van der Waals surface area contributed by atoms with Crippen LogP contribution < -0.4 is 5.32 Å². The number of rotatable bonds is 4. The molecule has 2 aromatic rings. The van der Waals surface area contributed by atoms with E-state index >= 15 is 0 Å². The molecule has 3 amide bonds. The second-order valence-electron chi connectivity index (χ2n) is 7.33. The van der Waals surface area contributed by atoms with Crippen LogP contribution in [0.5, 0.6) is 0 Å². The molecule has 1 aliphatic heterocycles. The lowest BCUT2D eigenvalue weighted by molar-refractivity contribution is -0.0591. The Hall–Kier alpha value is -3.69. The first kappa shape index (κ1) is 20.1. The molecule has 0 saturated heterocycles. The summed E-state index contributed by atoms with van der Waals surface area (Å²) in [5.74, 6) is -2.36. The molecule has 3 rings (SSSR count). The number of hydrogen-bond donors (Lipinski definition) is 1. The minimum Gasteiger partial charge on any atom is -0.444 e. The molecule has 0 radical (unpaired) electrons. The largest absolute Gasteiger partial charge is 0.444 e. The van der Waals surface area contributed by atoms with Gasteiger partial charge in [-0.1, -0.05) is 17.2 Å². The molecule has 0 saturated carbocycles. The third kappa shape index (κ3) is 4.26. The number of nitrogens with zero attached hydrogens (tertiary/aromatic N) is 3. The predicted octanol–water partition coefficient (Wildman–Crippen LogP) is 1.81. The lowest BCUT2D eigenvalue weighted by atomic mass is 10.1. The Morgan fingerprint density at radius 3 is 2.24 bits per heavy atom. The summed E-state index contributed by atoms with van der Waals surface area (Å²) < 4.78 is 6.36. The van der Waals surface area contributed by atoms with Crippen molar-refractivity contribution in [3.63, 3.8) is 0 Å². The molecule has 2 heterocycles. The fourth-order valence-electron chi connectivity index (χ4n) is 2.66. The summed E-state index contributed by atoms with van der Waals surface area (Å²) in [6.45, 7) is 5.23. The maximum Gasteiger partial charge on any atom is 0.407 e. The van der Waals surface area contributed by atoms with Crippen LogP contribution in [0.2, 0.25) is 0 Å². The molecule has 0 bridgehead atoms. The number of nitrogens with one attached hydrogen (secondary N) is 1. The molecular weight excluding hydrogens is 380 g/mol. The number of alkyl carbamates (subject to hydrolysis) is 1. The van der Waals surface area contributed by atoms with Gasteiger partial charge in [-0.3, -0.25) is 14.3 Å². The monoisotopic (exact) mass is 400 g/mol. The van der Waals surface area contributed by atoms with Gasteiger partial charge in [0.15, 0.2) is 0 Å². The zero-order valence-electron chi connectivity index (χ0n) is 16.4. The lowest BCUT2D eigenvalue weighted by Gasteiger charge is -2.19. The van der Waals surface area contributed by atoms with Gasteiger partial charge in [-0.25, -0.2) is 9.59 Å². The maximum absolute atomic E-state index is 12.5. The van der Waals surface area contributed by atoms with Crippen molar-refractivity contribution in [1.82, 2.24) is 20.2 Å². The SMILES string of the molecule is Cn1nc(CNC(=O)OC(C)(C)C)cc1C(=O)ON1C(=O)c2ccccc2C1=O. The first-order valence-corrected chi connectivity index (χ1v) is 8.76. The number of hydroxylamine groups is 2. The van der Waals surface area contributed by atoms with E-state index in [9.17, 15) is 19.2 Å². The molecule has 0 unspecified atom stereocenters. The van der Waals surface area contributed by atoms with Gasteiger partial charge in [0.2, 0.25) is 0 Å². The van der Waals surface area contributed by atoms with Crippen LogP contribution in [0.15, 0.2) is 30.3 Å². The number of aryl methyl sites for hydroxylation is 1. The molecular formula is C19H20N4O6. The third-order valence-corrected chi connectivity index (χ3v) is 3.88. The molecule has 10 nitrogen and oxygen atoms in total. The topological polar surface area (TPSA) is 120 Å². The Bertz CT molecular complexity index is 969. The third-order valence-electron chi connectivity index (χ3n) is 3.88. The van der Waals surface area contributed by atoms with Gasteiger partial charge in [-0.2, -0.15) is 5.10 Å². The Morgan fingerprint density at radius 2 is 1.69 bits per heavy atom. The van der Waals surface area contributed by atoms with E-state index in [0.29, 0.717) is 10.8 Å². The van der Waals surface area contributed by atoms with Gasteiger partial charge < -0.3 is 14.9 Å². The van der Waals surface area contributed by atoms with Crippen molar-refractivity contribution in [2.45, 2.75) is 32.9 Å². The van der Waals surface area contributed by atoms with E-state index in [1.165, 1.54) is 29.9 Å². The average Bonchev–Trinajstić information content (AvgIpc) is 3.12. The van der Waals surface area contributed by atoms with Crippen molar-refractivity contribution in [3.8, 4) is 0 Å². The van der Waals surface area contributed by atoms with E-state index in [1.807, 2.05) is 0 Å². The number of ether oxygens (including phenoxy) is 1. The average molecular weight is 400 g/mol. The Balaban J connectivity index is 1.66. The van der Waals surface area contributed by atoms with Crippen molar-refractivity contribution in [1.29, 1.82) is 0 Å². The van der Waals surface area contributed by atoms with Crippen LogP contribution in [0.4, 0.5) is 4.79 Å². The summed E-state index contributed by atoms with van der Waals surface area (Å²) in [5.41, 5.74) is 0.0561. The number of hydrogen-bond acceptors (Lipinski definition) is 7. The van der Waals surface area contributed by atoms with Crippen molar-refractivity contribution in [3.05, 3.63) is 52.8 Å². The number of amides is 3. The molecule has 1 aromatic carbocycles. The second-order valence-corrected chi connectivity index (χ2v) is 7.33. The molecule has 1 aliphatic rings. The van der Waals surface area contributed by atoms with Crippen LogP contribution in [-0.4, -0.2) is 44.3 Å². The first-order valence-electron chi connectivity index (χ1n) is 8.76. The summed E-state index contributed by atoms with van der Waals surface area (Å²) in [4.78, 5) is 53.8. The highest BCUT2D eigenvalue weighted by atomic mass is 16.7. The molecule has 0 atom stereocenters. The molecule has 10 heteroatoms. The van der Waals surface area contributed by atoms with E-state index < -0.39 is 29.5 Å². The lowest BCUT2D eigenvalue weighted by Crippen LogP contribution is -2.33. The van der Waals surface area contributed by atoms with Gasteiger partial charge in [0.05, 0.1) is 23.4 Å². The molecule has 1 N–H and O–H groups in total. The smallest absolute Gasteiger partial charge is 0.407 e. The number of aromatic nitrogens is 2. The fourth-order valence-corrected chi connectivity index (χ4v) is 2.66. The summed E-state index contributed by atoms with van der Waals surface area (Å²) in [5, 5.41) is 7.06. The summed E-state index contributed by atoms with van der Waals surface area (Å²) in [6, 6.07) is 7.57. The van der Waals surface area contributed by atoms with Gasteiger partial charge in [0.1, 0.15) is 11.3 Å². The zero-order chi connectivity index (χ0) is 21.3. The number of carbonyl (C=O) groups excluding carboxylic acids is 4. The van der Waals surface area contributed by atoms with Crippen molar-refractivity contribution in [2.75, 3.05) is 0 Å². The van der Waals surface area contributed by atoms with Crippen molar-refractivity contribution >= 4 is 23.9 Å². The summed E-state index contributed by atoms with van der Waals surface area (Å²) >= 11 is 0. The van der Waals surface area contributed by atoms with Gasteiger partial charge in [-0.15, -0.1) is 0 Å². The number of fused-ring (bicyclic) bond motifs is 1. The van der Waals surface area contributed by atoms with E-state index in [4.69, 9.17) is 9.57 Å². The van der Waals surface area contributed by atoms with Crippen LogP contribution in [0.25, 0.3) is 0 Å². The first-order chi connectivity index (χ1) is 13.6. The maximum atomic E-state index is 12.5. The van der Waals surface area contributed by atoms with Crippen LogP contribution >= 0.6 is 0 Å². The summed E-state index contributed by atoms with van der Waals surface area (Å²) in [6.07, 6.45) is -0.627. The highest BCUT2D eigenvalue weighted by molar-refractivity contribution is 6.21.